The predicted octanol–water partition coefficient (Wildman–Crippen LogP) is 4.24. The zero-order valence-corrected chi connectivity index (χ0v) is 20.2. The monoisotopic (exact) mass is 469 g/mol. The summed E-state index contributed by atoms with van der Waals surface area (Å²) in [6.07, 6.45) is 6.16. The molecule has 2 unspecified atom stereocenters. The molecule has 8 nitrogen and oxygen atoms in total. The van der Waals surface area contributed by atoms with Crippen LogP contribution in [0.15, 0.2) is 35.6 Å². The molecule has 1 saturated carbocycles. The number of nitrogens with one attached hydrogen (secondary N) is 2. The molecular weight excluding hydrogens is 434 g/mol. The van der Waals surface area contributed by atoms with Gasteiger partial charge in [0, 0.05) is 24.7 Å². The fourth-order valence-corrected chi connectivity index (χ4v) is 5.15. The summed E-state index contributed by atoms with van der Waals surface area (Å²) in [5.74, 6) is -1.34. The van der Waals surface area contributed by atoms with Crippen molar-refractivity contribution in [3.8, 4) is 0 Å². The second kappa shape index (κ2) is 9.68. The van der Waals surface area contributed by atoms with Crippen molar-refractivity contribution in [1.29, 1.82) is 0 Å². The van der Waals surface area contributed by atoms with Crippen LogP contribution in [0.4, 0.5) is 10.5 Å². The van der Waals surface area contributed by atoms with Gasteiger partial charge in [0.2, 0.25) is 0 Å². The van der Waals surface area contributed by atoms with E-state index in [2.05, 4.69) is 10.6 Å². The molecular formula is C26H35N3O5. The van der Waals surface area contributed by atoms with Gasteiger partial charge < -0.3 is 25.4 Å². The largest absolute Gasteiger partial charge is 0.511 e. The first-order chi connectivity index (χ1) is 16.1. The molecule has 1 aromatic rings. The molecule has 2 heterocycles. The summed E-state index contributed by atoms with van der Waals surface area (Å²) in [6, 6.07) is 7.29. The van der Waals surface area contributed by atoms with Gasteiger partial charge in [-0.05, 0) is 63.6 Å². The number of piperidine rings is 1. The number of aliphatic hydroxyl groups excluding tert-OH is 1. The van der Waals surface area contributed by atoms with Crippen molar-refractivity contribution in [3.05, 3.63) is 41.2 Å². The number of rotatable bonds is 3. The summed E-state index contributed by atoms with van der Waals surface area (Å²) >= 11 is 0. The van der Waals surface area contributed by atoms with Crippen LogP contribution >= 0.6 is 0 Å². The van der Waals surface area contributed by atoms with Crippen molar-refractivity contribution in [2.24, 2.45) is 5.92 Å². The average molecular weight is 470 g/mol. The van der Waals surface area contributed by atoms with E-state index < -0.39 is 35.5 Å². The highest BCUT2D eigenvalue weighted by molar-refractivity contribution is 6.23. The van der Waals surface area contributed by atoms with Crippen molar-refractivity contribution in [3.63, 3.8) is 0 Å². The van der Waals surface area contributed by atoms with E-state index in [1.807, 2.05) is 24.3 Å². The fraction of sp³-hybridized carbons (Fsp3) is 0.577. The molecule has 184 valence electrons. The van der Waals surface area contributed by atoms with Gasteiger partial charge in [-0.15, -0.1) is 0 Å². The third kappa shape index (κ3) is 5.37. The summed E-state index contributed by atoms with van der Waals surface area (Å²) in [5.41, 5.74) is 0.976. The van der Waals surface area contributed by atoms with Crippen LogP contribution in [0.25, 0.3) is 0 Å². The van der Waals surface area contributed by atoms with Crippen LogP contribution in [-0.4, -0.2) is 52.6 Å². The second-order valence-electron chi connectivity index (χ2n) is 10.6. The molecule has 1 aromatic carbocycles. The van der Waals surface area contributed by atoms with Crippen LogP contribution in [0, 0.1) is 5.92 Å². The van der Waals surface area contributed by atoms with Crippen LogP contribution in [0.3, 0.4) is 0 Å². The number of carbonyl (C=O) groups excluding carboxylic acids is 3. The third-order valence-corrected chi connectivity index (χ3v) is 6.89. The Labute approximate surface area is 200 Å². The van der Waals surface area contributed by atoms with E-state index in [1.165, 1.54) is 42.6 Å². The molecule has 0 radical (unpaired) electrons. The van der Waals surface area contributed by atoms with E-state index >= 15 is 0 Å². The molecule has 0 bridgehead atoms. The number of carbonyl (C=O) groups is 3. The predicted molar refractivity (Wildman–Crippen MR) is 128 cm³/mol. The number of hydrogen-bond acceptors (Lipinski definition) is 5. The minimum atomic E-state index is -0.638. The van der Waals surface area contributed by atoms with Gasteiger partial charge >= 0.3 is 6.09 Å². The first-order valence-corrected chi connectivity index (χ1v) is 12.3. The lowest BCUT2D eigenvalue weighted by Crippen LogP contribution is -2.58. The number of nitrogens with zero attached hydrogens (tertiary/aromatic N) is 1. The van der Waals surface area contributed by atoms with E-state index in [1.54, 1.807) is 20.8 Å². The summed E-state index contributed by atoms with van der Waals surface area (Å²) < 4.78 is 5.42. The number of likely N-dealkylation sites (tertiary alicyclic amines) is 1. The topological polar surface area (TPSA) is 108 Å². The zero-order valence-electron chi connectivity index (χ0n) is 20.2. The van der Waals surface area contributed by atoms with Gasteiger partial charge in [-0.25, -0.2) is 4.79 Å². The van der Waals surface area contributed by atoms with E-state index in [0.29, 0.717) is 24.6 Å². The van der Waals surface area contributed by atoms with Crippen LogP contribution < -0.4 is 10.6 Å². The molecule has 2 fully saturated rings. The highest BCUT2D eigenvalue weighted by atomic mass is 16.6. The van der Waals surface area contributed by atoms with Gasteiger partial charge in [0.15, 0.2) is 0 Å². The minimum absolute atomic E-state index is 0.214. The molecule has 2 atom stereocenters. The quantitative estimate of drug-likeness (QED) is 0.574. The second-order valence-corrected chi connectivity index (χ2v) is 10.6. The molecule has 4 rings (SSSR count). The molecule has 1 aliphatic carbocycles. The van der Waals surface area contributed by atoms with E-state index in [4.69, 9.17) is 4.74 Å². The number of hydrogen-bond donors (Lipinski definition) is 3. The zero-order chi connectivity index (χ0) is 24.5. The lowest BCUT2D eigenvalue weighted by atomic mass is 9.84. The Bertz CT molecular complexity index is 973. The van der Waals surface area contributed by atoms with E-state index in [-0.39, 0.29) is 17.9 Å². The van der Waals surface area contributed by atoms with Gasteiger partial charge in [0.25, 0.3) is 11.8 Å². The summed E-state index contributed by atoms with van der Waals surface area (Å²) in [6.45, 7) is 5.97. The highest BCUT2D eigenvalue weighted by Crippen LogP contribution is 2.34. The molecule has 8 heteroatoms. The van der Waals surface area contributed by atoms with Crippen molar-refractivity contribution in [1.82, 2.24) is 10.2 Å². The molecule has 0 aromatic heterocycles. The minimum Gasteiger partial charge on any atom is -0.511 e. The number of ether oxygens (including phenoxy) is 1. The fourth-order valence-electron chi connectivity index (χ4n) is 5.15. The maximum Gasteiger partial charge on any atom is 0.410 e. The smallest absolute Gasteiger partial charge is 0.410 e. The maximum atomic E-state index is 12.9. The van der Waals surface area contributed by atoms with E-state index in [0.717, 1.165) is 0 Å². The van der Waals surface area contributed by atoms with Gasteiger partial charge in [0.1, 0.15) is 16.9 Å². The van der Waals surface area contributed by atoms with Crippen LogP contribution in [-0.2, 0) is 14.3 Å². The van der Waals surface area contributed by atoms with Crippen molar-refractivity contribution < 1.29 is 24.2 Å². The average Bonchev–Trinajstić information content (AvgIpc) is 2.78. The van der Waals surface area contributed by atoms with Crippen LogP contribution in [0.2, 0.25) is 0 Å². The van der Waals surface area contributed by atoms with Crippen LogP contribution in [0.5, 0.6) is 0 Å². The Kier molecular flexibility index (Phi) is 6.86. The van der Waals surface area contributed by atoms with Gasteiger partial charge in [-0.2, -0.15) is 0 Å². The molecule has 2 aliphatic heterocycles. The Morgan fingerprint density at radius 3 is 2.41 bits per heavy atom. The number of anilines is 1. The molecule has 1 saturated heterocycles. The Morgan fingerprint density at radius 1 is 1.09 bits per heavy atom. The van der Waals surface area contributed by atoms with Crippen molar-refractivity contribution in [2.75, 3.05) is 18.4 Å². The van der Waals surface area contributed by atoms with Gasteiger partial charge in [0.05, 0.1) is 6.04 Å². The Morgan fingerprint density at radius 2 is 1.76 bits per heavy atom. The molecule has 0 spiro atoms. The number of aliphatic hydroxyl groups is 1. The number of fused-ring (bicyclic) bond motifs is 1. The first-order valence-electron chi connectivity index (χ1n) is 12.3. The summed E-state index contributed by atoms with van der Waals surface area (Å²) in [4.78, 5) is 39.6. The van der Waals surface area contributed by atoms with Crippen LogP contribution in [0.1, 0.15) is 70.8 Å². The SMILES string of the molecule is CC(C)(C)OC(=O)N1CCC2C(O)=C(C(=O)Nc3ccc(C4CCCCC4)cc3)C(=O)NC2C1. The molecule has 3 amide bonds. The number of benzene rings is 1. The summed E-state index contributed by atoms with van der Waals surface area (Å²) in [5, 5.41) is 16.4. The molecule has 3 N–H and O–H groups in total. The maximum absolute atomic E-state index is 12.9. The first kappa shape index (κ1) is 24.1. The normalized spacial score (nSPS) is 23.7. The van der Waals surface area contributed by atoms with Crippen molar-refractivity contribution in [2.45, 2.75) is 76.9 Å². The Hall–Kier alpha value is -3.03. The molecule has 34 heavy (non-hydrogen) atoms. The summed E-state index contributed by atoms with van der Waals surface area (Å²) in [7, 11) is 0. The lowest BCUT2D eigenvalue weighted by molar-refractivity contribution is -0.124. The standard InChI is InChI=1S/C26H35N3O5/c1-26(2,3)34-25(33)29-14-13-19-20(15-29)28-24(32)21(22(19)30)23(31)27-18-11-9-17(10-12-18)16-7-5-4-6-8-16/h9-12,16,19-20,30H,4-8,13-15H2,1-3H3,(H,27,31)(H,28,32). The molecule has 3 aliphatic rings. The highest BCUT2D eigenvalue weighted by Gasteiger charge is 2.43. The van der Waals surface area contributed by atoms with Gasteiger partial charge in [-0.3, -0.25) is 9.59 Å². The number of amides is 3. The Balaban J connectivity index is 1.41. The van der Waals surface area contributed by atoms with Crippen molar-refractivity contribution >= 4 is 23.6 Å². The van der Waals surface area contributed by atoms with Gasteiger partial charge in [-0.1, -0.05) is 31.4 Å². The lowest BCUT2D eigenvalue weighted by Gasteiger charge is -2.41. The van der Waals surface area contributed by atoms with E-state index in [9.17, 15) is 19.5 Å². The third-order valence-electron chi connectivity index (χ3n) is 6.89.